The number of tetrazole rings is 1. The number of rotatable bonds is 6. The fourth-order valence-electron chi connectivity index (χ4n) is 3.70. The van der Waals surface area contributed by atoms with Gasteiger partial charge in [-0.15, -0.1) is 10.2 Å². The standard InChI is InChI=1S/C22H19F3N6O2/c1-13-19(21(32)33-2)18(31(28-13)12-22(23,24)25)11-14-8-9-16(15-6-4-3-5-7-15)17(10-14)20-26-29-30-27-20/h3-10H,11-12H2,1-2H3,(H,26,27,29,30). The summed E-state index contributed by atoms with van der Waals surface area (Å²) in [5.74, 6) is -0.404. The van der Waals surface area contributed by atoms with Gasteiger partial charge in [-0.2, -0.15) is 23.5 Å². The van der Waals surface area contributed by atoms with Crippen molar-refractivity contribution in [2.45, 2.75) is 26.1 Å². The number of aryl methyl sites for hydroxylation is 1. The van der Waals surface area contributed by atoms with Crippen LogP contribution < -0.4 is 0 Å². The molecule has 0 aliphatic carbocycles. The van der Waals surface area contributed by atoms with E-state index < -0.39 is 18.7 Å². The second kappa shape index (κ2) is 8.85. The molecule has 0 spiro atoms. The molecule has 0 amide bonds. The van der Waals surface area contributed by atoms with Crippen molar-refractivity contribution >= 4 is 5.97 Å². The summed E-state index contributed by atoms with van der Waals surface area (Å²) in [6.07, 6.45) is -4.49. The van der Waals surface area contributed by atoms with Crippen LogP contribution in [-0.4, -0.2) is 49.7 Å². The van der Waals surface area contributed by atoms with E-state index in [9.17, 15) is 18.0 Å². The van der Waals surface area contributed by atoms with E-state index in [4.69, 9.17) is 4.74 Å². The second-order valence-electron chi connectivity index (χ2n) is 7.33. The first-order valence-electron chi connectivity index (χ1n) is 9.90. The Labute approximate surface area is 186 Å². The van der Waals surface area contributed by atoms with Gasteiger partial charge in [0, 0.05) is 12.0 Å². The Morgan fingerprint density at radius 2 is 1.88 bits per heavy atom. The van der Waals surface area contributed by atoms with Crippen LogP contribution in [0.3, 0.4) is 0 Å². The lowest BCUT2D eigenvalue weighted by atomic mass is 9.95. The van der Waals surface area contributed by atoms with Crippen LogP contribution in [0.4, 0.5) is 13.2 Å². The zero-order chi connectivity index (χ0) is 23.6. The van der Waals surface area contributed by atoms with Gasteiger partial charge >= 0.3 is 12.1 Å². The Morgan fingerprint density at radius 3 is 2.52 bits per heavy atom. The Balaban J connectivity index is 1.81. The quantitative estimate of drug-likeness (QED) is 0.441. The first-order valence-corrected chi connectivity index (χ1v) is 9.90. The molecule has 0 aliphatic rings. The molecule has 1 N–H and O–H groups in total. The minimum absolute atomic E-state index is 0.0152. The van der Waals surface area contributed by atoms with E-state index in [1.165, 1.54) is 14.0 Å². The van der Waals surface area contributed by atoms with Crippen molar-refractivity contribution in [1.29, 1.82) is 0 Å². The zero-order valence-corrected chi connectivity index (χ0v) is 17.7. The monoisotopic (exact) mass is 456 g/mol. The molecule has 170 valence electrons. The van der Waals surface area contributed by atoms with Gasteiger partial charge in [0.25, 0.3) is 0 Å². The van der Waals surface area contributed by atoms with Crippen LogP contribution in [0, 0.1) is 6.92 Å². The van der Waals surface area contributed by atoms with Gasteiger partial charge < -0.3 is 4.74 Å². The summed E-state index contributed by atoms with van der Waals surface area (Å²) in [5.41, 5.74) is 3.33. The van der Waals surface area contributed by atoms with Gasteiger partial charge in [0.05, 0.1) is 18.5 Å². The Hall–Kier alpha value is -4.02. The van der Waals surface area contributed by atoms with Gasteiger partial charge in [-0.25, -0.2) is 4.79 Å². The molecule has 0 unspecified atom stereocenters. The van der Waals surface area contributed by atoms with Gasteiger partial charge in [0.2, 0.25) is 5.82 Å². The summed E-state index contributed by atoms with van der Waals surface area (Å²) in [6.45, 7) is 0.159. The van der Waals surface area contributed by atoms with Gasteiger partial charge in [0.15, 0.2) is 0 Å². The van der Waals surface area contributed by atoms with E-state index in [1.54, 1.807) is 12.1 Å². The maximum Gasteiger partial charge on any atom is 0.408 e. The van der Waals surface area contributed by atoms with Crippen molar-refractivity contribution in [3.8, 4) is 22.5 Å². The fraction of sp³-hybridized carbons (Fsp3) is 0.227. The number of aromatic amines is 1. The molecule has 0 bridgehead atoms. The lowest BCUT2D eigenvalue weighted by molar-refractivity contribution is -0.143. The minimum atomic E-state index is -4.51. The predicted octanol–water partition coefficient (Wildman–Crippen LogP) is 3.98. The Bertz CT molecular complexity index is 1270. The van der Waals surface area contributed by atoms with Crippen LogP contribution in [0.1, 0.15) is 27.3 Å². The van der Waals surface area contributed by atoms with Crippen LogP contribution in [-0.2, 0) is 17.7 Å². The molecular weight excluding hydrogens is 437 g/mol. The van der Waals surface area contributed by atoms with Gasteiger partial charge in [0.1, 0.15) is 12.1 Å². The average molecular weight is 456 g/mol. The normalized spacial score (nSPS) is 11.5. The number of hydrogen-bond acceptors (Lipinski definition) is 6. The van der Waals surface area contributed by atoms with Crippen LogP contribution >= 0.6 is 0 Å². The van der Waals surface area contributed by atoms with Crippen LogP contribution in [0.2, 0.25) is 0 Å². The number of esters is 1. The Morgan fingerprint density at radius 1 is 1.12 bits per heavy atom. The molecule has 0 saturated carbocycles. The second-order valence-corrected chi connectivity index (χ2v) is 7.33. The molecule has 33 heavy (non-hydrogen) atoms. The molecule has 0 fully saturated rings. The van der Waals surface area contributed by atoms with E-state index in [-0.39, 0.29) is 23.4 Å². The van der Waals surface area contributed by atoms with Gasteiger partial charge in [-0.05, 0) is 34.9 Å². The number of hydrogen-bond donors (Lipinski definition) is 1. The molecule has 0 saturated heterocycles. The molecule has 0 radical (unpaired) electrons. The van der Waals surface area contributed by atoms with Crippen molar-refractivity contribution in [3.63, 3.8) is 0 Å². The number of methoxy groups -OCH3 is 1. The summed E-state index contributed by atoms with van der Waals surface area (Å²) in [6, 6.07) is 14.9. The summed E-state index contributed by atoms with van der Waals surface area (Å²) < 4.78 is 45.1. The van der Waals surface area contributed by atoms with Crippen molar-refractivity contribution < 1.29 is 22.7 Å². The third-order valence-electron chi connectivity index (χ3n) is 5.08. The lowest BCUT2D eigenvalue weighted by Crippen LogP contribution is -2.21. The third-order valence-corrected chi connectivity index (χ3v) is 5.08. The number of carbonyl (C=O) groups excluding carboxylic acids is 1. The fourth-order valence-corrected chi connectivity index (χ4v) is 3.70. The molecule has 11 heteroatoms. The highest BCUT2D eigenvalue weighted by molar-refractivity contribution is 5.92. The summed E-state index contributed by atoms with van der Waals surface area (Å²) >= 11 is 0. The maximum atomic E-state index is 13.2. The number of nitrogens with zero attached hydrogens (tertiary/aromatic N) is 5. The molecular formula is C22H19F3N6O2. The van der Waals surface area contributed by atoms with E-state index in [0.717, 1.165) is 15.8 Å². The molecule has 2 aromatic heterocycles. The van der Waals surface area contributed by atoms with Crippen LogP contribution in [0.25, 0.3) is 22.5 Å². The molecule has 4 rings (SSSR count). The van der Waals surface area contributed by atoms with Crippen molar-refractivity contribution in [2.24, 2.45) is 0 Å². The first kappa shape index (κ1) is 22.2. The van der Waals surface area contributed by atoms with Crippen molar-refractivity contribution in [2.75, 3.05) is 7.11 Å². The van der Waals surface area contributed by atoms with E-state index >= 15 is 0 Å². The smallest absolute Gasteiger partial charge is 0.408 e. The molecule has 4 aromatic rings. The van der Waals surface area contributed by atoms with Gasteiger partial charge in [-0.1, -0.05) is 42.5 Å². The number of aromatic nitrogens is 6. The Kier molecular flexibility index (Phi) is 5.95. The van der Waals surface area contributed by atoms with Crippen LogP contribution in [0.5, 0.6) is 0 Å². The van der Waals surface area contributed by atoms with Crippen molar-refractivity contribution in [3.05, 3.63) is 71.0 Å². The highest BCUT2D eigenvalue weighted by Crippen LogP contribution is 2.32. The number of alkyl halides is 3. The number of H-pyrrole nitrogens is 1. The summed E-state index contributed by atoms with van der Waals surface area (Å²) in [4.78, 5) is 12.3. The van der Waals surface area contributed by atoms with Crippen molar-refractivity contribution in [1.82, 2.24) is 30.4 Å². The highest BCUT2D eigenvalue weighted by Gasteiger charge is 2.32. The molecule has 2 aromatic carbocycles. The van der Waals surface area contributed by atoms with E-state index in [1.807, 2.05) is 36.4 Å². The number of carbonyl (C=O) groups is 1. The molecule has 2 heterocycles. The minimum Gasteiger partial charge on any atom is -0.465 e. The molecule has 8 nitrogen and oxygen atoms in total. The first-order chi connectivity index (χ1) is 15.8. The molecule has 0 aliphatic heterocycles. The van der Waals surface area contributed by atoms with Gasteiger partial charge in [-0.3, -0.25) is 4.68 Å². The predicted molar refractivity (Wildman–Crippen MR) is 112 cm³/mol. The largest absolute Gasteiger partial charge is 0.465 e. The molecule has 0 atom stereocenters. The number of benzene rings is 2. The maximum absolute atomic E-state index is 13.2. The lowest BCUT2D eigenvalue weighted by Gasteiger charge is -2.13. The topological polar surface area (TPSA) is 98.6 Å². The highest BCUT2D eigenvalue weighted by atomic mass is 19.4. The van der Waals surface area contributed by atoms with Crippen LogP contribution in [0.15, 0.2) is 48.5 Å². The third kappa shape index (κ3) is 4.76. The number of nitrogens with one attached hydrogen (secondary N) is 1. The van der Waals surface area contributed by atoms with E-state index in [0.29, 0.717) is 17.0 Å². The SMILES string of the molecule is COC(=O)c1c(C)nn(CC(F)(F)F)c1Cc1ccc(-c2ccccc2)c(-c2nn[nH]n2)c1. The number of ether oxygens (including phenoxy) is 1. The zero-order valence-electron chi connectivity index (χ0n) is 17.7. The summed E-state index contributed by atoms with van der Waals surface area (Å²) in [7, 11) is 1.18. The summed E-state index contributed by atoms with van der Waals surface area (Å²) in [5, 5.41) is 18.1. The number of halogens is 3. The average Bonchev–Trinajstić information content (AvgIpc) is 3.41. The van der Waals surface area contributed by atoms with E-state index in [2.05, 4.69) is 25.7 Å².